The van der Waals surface area contributed by atoms with Gasteiger partial charge in [0.15, 0.2) is 5.60 Å². The summed E-state index contributed by atoms with van der Waals surface area (Å²) in [7, 11) is 1.65. The Morgan fingerprint density at radius 1 is 0.852 bits per heavy atom. The van der Waals surface area contributed by atoms with Crippen LogP contribution in [-0.4, -0.2) is 53.6 Å². The van der Waals surface area contributed by atoms with Crippen LogP contribution < -0.4 is 14.5 Å². The van der Waals surface area contributed by atoms with Crippen molar-refractivity contribution in [2.24, 2.45) is 11.8 Å². The van der Waals surface area contributed by atoms with Crippen molar-refractivity contribution in [2.45, 2.75) is 69.9 Å². The number of aliphatic hydroxyl groups is 1. The maximum atomic E-state index is 15.5. The van der Waals surface area contributed by atoms with Gasteiger partial charge in [0.25, 0.3) is 11.8 Å². The maximum absolute atomic E-state index is 15.5. The van der Waals surface area contributed by atoms with Gasteiger partial charge in [-0.3, -0.25) is 19.3 Å². The lowest BCUT2D eigenvalue weighted by Gasteiger charge is -2.40. The van der Waals surface area contributed by atoms with E-state index in [0.717, 1.165) is 61.4 Å². The first-order chi connectivity index (χ1) is 29.5. The molecule has 6 aromatic rings. The van der Waals surface area contributed by atoms with E-state index in [2.05, 4.69) is 39.0 Å². The van der Waals surface area contributed by atoms with Crippen LogP contribution in [0.25, 0.3) is 10.8 Å². The number of fused-ring (bicyclic) bond motifs is 3. The number of rotatable bonds is 9. The summed E-state index contributed by atoms with van der Waals surface area (Å²) in [5.41, 5.74) is 5.99. The Balaban J connectivity index is 1.01. The number of hydrogen-bond donors (Lipinski definition) is 1. The monoisotopic (exact) mass is 811 g/mol. The third kappa shape index (κ3) is 6.00. The van der Waals surface area contributed by atoms with Gasteiger partial charge in [0.05, 0.1) is 55.8 Å². The Morgan fingerprint density at radius 2 is 1.56 bits per heavy atom. The number of nitrogens with zero attached hydrogens (tertiary/aromatic N) is 3. The van der Waals surface area contributed by atoms with Crippen LogP contribution in [-0.2, 0) is 44.9 Å². The molecule has 61 heavy (non-hydrogen) atoms. The first kappa shape index (κ1) is 38.9. The van der Waals surface area contributed by atoms with E-state index in [1.165, 1.54) is 0 Å². The molecule has 5 atom stereocenters. The van der Waals surface area contributed by atoms with E-state index >= 15 is 4.79 Å². The summed E-state index contributed by atoms with van der Waals surface area (Å²) < 4.78 is 12.8. The molecule has 4 aliphatic heterocycles. The van der Waals surface area contributed by atoms with Gasteiger partial charge in [-0.15, -0.1) is 0 Å². The number of ether oxygens (including phenoxy) is 2. The lowest BCUT2D eigenvalue weighted by atomic mass is 9.63. The minimum Gasteiger partial charge on any atom is -0.497 e. The zero-order valence-corrected chi connectivity index (χ0v) is 34.9. The standard InChI is InChI=1S/C52H49N3O6/c1-32-48(51(2,3)37-22-24-40(60-4)25-23-37)45(28-46(57)53-30-36-14-6-5-13-35(36)27-39(53)31-56)61-52(32)42-19-7-8-20-43(42)54(50(52)59)29-33-12-9-17-38(26-33)55-44-21-11-16-34-15-10-18-41(47(34)44)49(55)58/h5-26,32,39,45,48,56H,27-31H2,1-4H3/t32-,39-,45+,48-,52+/m0/s1. The zero-order chi connectivity index (χ0) is 42.2. The normalized spacial score (nSPS) is 22.9. The minimum atomic E-state index is -1.37. The highest BCUT2D eigenvalue weighted by molar-refractivity contribution is 6.27. The molecule has 0 unspecified atom stereocenters. The third-order valence-electron chi connectivity index (χ3n) is 14.1. The molecule has 0 saturated carbocycles. The zero-order valence-electron chi connectivity index (χ0n) is 34.9. The van der Waals surface area contributed by atoms with Crippen molar-refractivity contribution in [3.63, 3.8) is 0 Å². The van der Waals surface area contributed by atoms with E-state index in [4.69, 9.17) is 9.47 Å². The number of carbonyl (C=O) groups is 3. The number of benzene rings is 6. The fourth-order valence-electron chi connectivity index (χ4n) is 11.1. The van der Waals surface area contributed by atoms with Crippen LogP contribution in [0.3, 0.4) is 0 Å². The first-order valence-corrected chi connectivity index (χ1v) is 21.2. The Bertz CT molecular complexity index is 2720. The van der Waals surface area contributed by atoms with E-state index in [1.807, 2.05) is 120 Å². The molecule has 4 aliphatic rings. The van der Waals surface area contributed by atoms with E-state index in [1.54, 1.807) is 16.9 Å². The minimum absolute atomic E-state index is 0.0471. The highest BCUT2D eigenvalue weighted by atomic mass is 16.5. The van der Waals surface area contributed by atoms with Gasteiger partial charge in [0.2, 0.25) is 5.91 Å². The average Bonchev–Trinajstić information content (AvgIpc) is 3.84. The van der Waals surface area contributed by atoms with E-state index in [9.17, 15) is 14.7 Å². The predicted molar refractivity (Wildman–Crippen MR) is 236 cm³/mol. The second-order valence-corrected chi connectivity index (χ2v) is 17.6. The molecule has 10 rings (SSSR count). The molecule has 4 heterocycles. The highest BCUT2D eigenvalue weighted by Crippen LogP contribution is 2.60. The van der Waals surface area contributed by atoms with Gasteiger partial charge >= 0.3 is 0 Å². The molecule has 0 radical (unpaired) electrons. The Morgan fingerprint density at radius 3 is 2.33 bits per heavy atom. The van der Waals surface area contributed by atoms with Gasteiger partial charge in [-0.25, -0.2) is 0 Å². The summed E-state index contributed by atoms with van der Waals surface area (Å²) in [4.78, 5) is 49.5. The molecule has 1 fully saturated rings. The molecule has 1 N–H and O–H groups in total. The van der Waals surface area contributed by atoms with Gasteiger partial charge in [-0.05, 0) is 81.9 Å². The van der Waals surface area contributed by atoms with Crippen LogP contribution in [0.1, 0.15) is 65.4 Å². The SMILES string of the molecule is COc1ccc(C(C)(C)[C@@H]2[C@@H](CC(=O)N3Cc4ccccc4C[C@H]3CO)O[C@]3(C(=O)N(Cc4cccc(N5C(=O)c6cccc7cccc5c67)c4)c4ccccc43)[C@H]2C)cc1. The van der Waals surface area contributed by atoms with Gasteiger partial charge < -0.3 is 24.4 Å². The lowest BCUT2D eigenvalue weighted by molar-refractivity contribution is -0.151. The Labute approximate surface area is 356 Å². The topological polar surface area (TPSA) is 99.6 Å². The molecule has 6 aromatic carbocycles. The lowest BCUT2D eigenvalue weighted by Crippen LogP contribution is -2.48. The summed E-state index contributed by atoms with van der Waals surface area (Å²) in [5, 5.41) is 12.5. The quantitative estimate of drug-likeness (QED) is 0.157. The summed E-state index contributed by atoms with van der Waals surface area (Å²) in [6.45, 7) is 6.96. The second-order valence-electron chi connectivity index (χ2n) is 17.6. The van der Waals surface area contributed by atoms with Crippen LogP contribution in [0.2, 0.25) is 0 Å². The number of methoxy groups -OCH3 is 1. The summed E-state index contributed by atoms with van der Waals surface area (Å²) in [6.07, 6.45) is -0.0189. The van der Waals surface area contributed by atoms with Gasteiger partial charge in [-0.2, -0.15) is 0 Å². The average molecular weight is 812 g/mol. The molecule has 1 saturated heterocycles. The molecular weight excluding hydrogens is 763 g/mol. The number of para-hydroxylation sites is 1. The van der Waals surface area contributed by atoms with Crippen molar-refractivity contribution in [3.8, 4) is 5.75 Å². The molecule has 1 spiro atoms. The summed E-state index contributed by atoms with van der Waals surface area (Å²) >= 11 is 0. The summed E-state index contributed by atoms with van der Waals surface area (Å²) in [5.74, 6) is -0.255. The van der Waals surface area contributed by atoms with Crippen molar-refractivity contribution in [2.75, 3.05) is 23.5 Å². The molecule has 9 heteroatoms. The van der Waals surface area contributed by atoms with Crippen molar-refractivity contribution in [1.29, 1.82) is 0 Å². The number of amides is 3. The Hall–Kier alpha value is -6.29. The molecule has 0 bridgehead atoms. The number of aliphatic hydroxyl groups excluding tert-OH is 1. The fraction of sp³-hybridized carbons (Fsp3) is 0.288. The molecule has 0 aliphatic carbocycles. The molecular formula is C52H49N3O6. The van der Waals surface area contributed by atoms with Gasteiger partial charge in [-0.1, -0.05) is 112 Å². The van der Waals surface area contributed by atoms with Crippen molar-refractivity contribution >= 4 is 45.6 Å². The van der Waals surface area contributed by atoms with Crippen molar-refractivity contribution < 1.29 is 29.0 Å². The smallest absolute Gasteiger partial charge is 0.264 e. The fourth-order valence-corrected chi connectivity index (χ4v) is 11.1. The second kappa shape index (κ2) is 14.7. The predicted octanol–water partition coefficient (Wildman–Crippen LogP) is 8.85. The first-order valence-electron chi connectivity index (χ1n) is 21.2. The highest BCUT2D eigenvalue weighted by Gasteiger charge is 2.66. The maximum Gasteiger partial charge on any atom is 0.264 e. The third-order valence-corrected chi connectivity index (χ3v) is 14.1. The van der Waals surface area contributed by atoms with Crippen molar-refractivity contribution in [1.82, 2.24) is 4.90 Å². The van der Waals surface area contributed by atoms with E-state index in [0.29, 0.717) is 18.5 Å². The van der Waals surface area contributed by atoms with E-state index in [-0.39, 0.29) is 55.2 Å². The number of carbonyl (C=O) groups excluding carboxylic acids is 3. The van der Waals surface area contributed by atoms with Crippen LogP contribution in [0, 0.1) is 11.8 Å². The van der Waals surface area contributed by atoms with Crippen LogP contribution in [0.4, 0.5) is 17.1 Å². The number of anilines is 3. The molecule has 308 valence electrons. The molecule has 0 aromatic heterocycles. The van der Waals surface area contributed by atoms with E-state index < -0.39 is 17.1 Å². The van der Waals surface area contributed by atoms with Crippen molar-refractivity contribution in [3.05, 3.63) is 167 Å². The Kier molecular flexibility index (Phi) is 9.38. The molecule has 3 amide bonds. The number of hydrogen-bond acceptors (Lipinski definition) is 6. The largest absolute Gasteiger partial charge is 0.497 e. The van der Waals surface area contributed by atoms with Crippen LogP contribution >= 0.6 is 0 Å². The van der Waals surface area contributed by atoms with Crippen LogP contribution in [0.15, 0.2) is 133 Å². The van der Waals surface area contributed by atoms with Gasteiger partial charge in [0.1, 0.15) is 5.75 Å². The summed E-state index contributed by atoms with van der Waals surface area (Å²) in [6, 6.07) is 43.2. The van der Waals surface area contributed by atoms with Crippen LogP contribution in [0.5, 0.6) is 5.75 Å². The molecule has 9 nitrogen and oxygen atoms in total. The van der Waals surface area contributed by atoms with Gasteiger partial charge in [0, 0.05) is 35.0 Å².